The first-order valence-electron chi connectivity index (χ1n) is 5.26. The summed E-state index contributed by atoms with van der Waals surface area (Å²) in [6.07, 6.45) is 5.57. The number of hydrogen-bond donors (Lipinski definition) is 1. The Morgan fingerprint density at radius 3 is 2.81 bits per heavy atom. The average molecular weight is 239 g/mol. The maximum absolute atomic E-state index is 10.5. The lowest BCUT2D eigenvalue weighted by Gasteiger charge is -2.03. The number of allylic oxidation sites excluding steroid dienone is 1. The van der Waals surface area contributed by atoms with Gasteiger partial charge in [-0.25, -0.2) is 0 Å². The van der Waals surface area contributed by atoms with Crippen molar-refractivity contribution in [1.82, 2.24) is 0 Å². The molecule has 0 heterocycles. The zero-order chi connectivity index (χ0) is 11.8. The Labute approximate surface area is 101 Å². The summed E-state index contributed by atoms with van der Waals surface area (Å²) in [5.74, 6) is -0.159. The molecule has 0 atom stereocenters. The molecule has 0 fully saturated rings. The number of carboxylic acids is 1. The summed E-state index contributed by atoms with van der Waals surface area (Å²) in [6, 6.07) is 7.83. The van der Waals surface area contributed by atoms with Crippen LogP contribution in [0.15, 0.2) is 30.3 Å². The molecule has 0 unspecified atom stereocenters. The predicted molar refractivity (Wildman–Crippen MR) is 66.8 cm³/mol. The standard InChI is InChI=1S/C13H15ClO2/c14-10-4-3-7-11-5-1-2-6-12(11)8-9-13(15)16/h1-3,5-7H,4,8-10H2,(H,15,16). The molecule has 0 saturated carbocycles. The zero-order valence-electron chi connectivity index (χ0n) is 9.03. The Morgan fingerprint density at radius 2 is 2.12 bits per heavy atom. The van der Waals surface area contributed by atoms with Gasteiger partial charge in [-0.1, -0.05) is 36.4 Å². The number of halogens is 1. The smallest absolute Gasteiger partial charge is 0.303 e. The molecule has 0 aliphatic carbocycles. The number of carboxylic acid groups (broad SMARTS) is 1. The van der Waals surface area contributed by atoms with E-state index in [0.717, 1.165) is 17.5 Å². The quantitative estimate of drug-likeness (QED) is 0.772. The molecule has 0 aliphatic heterocycles. The summed E-state index contributed by atoms with van der Waals surface area (Å²) in [5, 5.41) is 8.64. The molecule has 1 N–H and O–H groups in total. The first kappa shape index (κ1) is 12.8. The summed E-state index contributed by atoms with van der Waals surface area (Å²) < 4.78 is 0. The fourth-order valence-electron chi connectivity index (χ4n) is 1.44. The van der Waals surface area contributed by atoms with E-state index >= 15 is 0 Å². The van der Waals surface area contributed by atoms with Crippen LogP contribution in [0.2, 0.25) is 0 Å². The van der Waals surface area contributed by atoms with Crippen molar-refractivity contribution in [2.45, 2.75) is 19.3 Å². The summed E-state index contributed by atoms with van der Waals surface area (Å²) >= 11 is 5.58. The van der Waals surface area contributed by atoms with Crippen LogP contribution >= 0.6 is 11.6 Å². The second-order valence-corrected chi connectivity index (χ2v) is 3.85. The maximum atomic E-state index is 10.5. The second-order valence-electron chi connectivity index (χ2n) is 3.47. The molecule has 0 saturated heterocycles. The minimum atomic E-state index is -0.764. The van der Waals surface area contributed by atoms with Crippen molar-refractivity contribution in [2.75, 3.05) is 5.88 Å². The first-order chi connectivity index (χ1) is 7.74. The highest BCUT2D eigenvalue weighted by atomic mass is 35.5. The van der Waals surface area contributed by atoms with E-state index in [9.17, 15) is 4.79 Å². The molecular formula is C13H15ClO2. The minimum Gasteiger partial charge on any atom is -0.481 e. The number of alkyl halides is 1. The number of hydrogen-bond acceptors (Lipinski definition) is 1. The molecule has 0 spiro atoms. The molecule has 0 aliphatic rings. The maximum Gasteiger partial charge on any atom is 0.303 e. The Balaban J connectivity index is 2.71. The molecule has 1 rings (SSSR count). The molecule has 86 valence electrons. The van der Waals surface area contributed by atoms with Crippen LogP contribution < -0.4 is 0 Å². The van der Waals surface area contributed by atoms with Crippen LogP contribution in [0.25, 0.3) is 6.08 Å². The Kier molecular flexibility index (Phi) is 5.65. The van der Waals surface area contributed by atoms with Gasteiger partial charge in [-0.05, 0) is 24.0 Å². The van der Waals surface area contributed by atoms with E-state index < -0.39 is 5.97 Å². The third kappa shape index (κ3) is 4.49. The largest absolute Gasteiger partial charge is 0.481 e. The SMILES string of the molecule is O=C(O)CCc1ccccc1C=CCCCl. The van der Waals surface area contributed by atoms with Crippen LogP contribution in [-0.4, -0.2) is 17.0 Å². The monoisotopic (exact) mass is 238 g/mol. The zero-order valence-corrected chi connectivity index (χ0v) is 9.78. The lowest BCUT2D eigenvalue weighted by Crippen LogP contribution is -1.98. The molecule has 0 amide bonds. The normalized spacial score (nSPS) is 10.8. The van der Waals surface area contributed by atoms with Crippen LogP contribution in [0.3, 0.4) is 0 Å². The van der Waals surface area contributed by atoms with Gasteiger partial charge in [0.25, 0.3) is 0 Å². The summed E-state index contributed by atoms with van der Waals surface area (Å²) in [6.45, 7) is 0. The number of aryl methyl sites for hydroxylation is 1. The van der Waals surface area contributed by atoms with E-state index in [0.29, 0.717) is 12.3 Å². The van der Waals surface area contributed by atoms with Gasteiger partial charge in [-0.2, -0.15) is 0 Å². The molecular weight excluding hydrogens is 224 g/mol. The average Bonchev–Trinajstić information content (AvgIpc) is 2.28. The van der Waals surface area contributed by atoms with Crippen LogP contribution in [0, 0.1) is 0 Å². The van der Waals surface area contributed by atoms with E-state index in [2.05, 4.69) is 0 Å². The van der Waals surface area contributed by atoms with Crippen molar-refractivity contribution in [2.24, 2.45) is 0 Å². The number of rotatable bonds is 6. The van der Waals surface area contributed by atoms with Gasteiger partial charge in [0.1, 0.15) is 0 Å². The molecule has 2 nitrogen and oxygen atoms in total. The van der Waals surface area contributed by atoms with E-state index in [1.54, 1.807) is 0 Å². The number of benzene rings is 1. The summed E-state index contributed by atoms with van der Waals surface area (Å²) in [4.78, 5) is 10.5. The molecule has 0 radical (unpaired) electrons. The van der Waals surface area contributed by atoms with Crippen LogP contribution in [-0.2, 0) is 11.2 Å². The molecule has 0 bridgehead atoms. The van der Waals surface area contributed by atoms with Gasteiger partial charge in [0.05, 0.1) is 0 Å². The van der Waals surface area contributed by atoms with E-state index in [4.69, 9.17) is 16.7 Å². The molecule has 0 aromatic heterocycles. The highest BCUT2D eigenvalue weighted by Gasteiger charge is 2.02. The van der Waals surface area contributed by atoms with Gasteiger partial charge < -0.3 is 5.11 Å². The third-order valence-electron chi connectivity index (χ3n) is 2.24. The van der Waals surface area contributed by atoms with Crippen molar-refractivity contribution in [3.8, 4) is 0 Å². The van der Waals surface area contributed by atoms with Crippen molar-refractivity contribution in [3.05, 3.63) is 41.5 Å². The van der Waals surface area contributed by atoms with Gasteiger partial charge in [0.15, 0.2) is 0 Å². The number of carbonyl (C=O) groups is 1. The second kappa shape index (κ2) is 7.07. The van der Waals surface area contributed by atoms with E-state index in [-0.39, 0.29) is 6.42 Å². The van der Waals surface area contributed by atoms with Crippen LogP contribution in [0.4, 0.5) is 0 Å². The van der Waals surface area contributed by atoms with Crippen LogP contribution in [0.5, 0.6) is 0 Å². The topological polar surface area (TPSA) is 37.3 Å². The third-order valence-corrected chi connectivity index (χ3v) is 2.45. The lowest BCUT2D eigenvalue weighted by molar-refractivity contribution is -0.136. The predicted octanol–water partition coefficient (Wildman–Crippen LogP) is 3.35. The van der Waals surface area contributed by atoms with Gasteiger partial charge >= 0.3 is 5.97 Å². The van der Waals surface area contributed by atoms with Crippen molar-refractivity contribution in [3.63, 3.8) is 0 Å². The fraction of sp³-hybridized carbons (Fsp3) is 0.308. The number of aliphatic carboxylic acids is 1. The van der Waals surface area contributed by atoms with E-state index in [1.165, 1.54) is 0 Å². The van der Waals surface area contributed by atoms with Gasteiger partial charge in [-0.15, -0.1) is 11.6 Å². The summed E-state index contributed by atoms with van der Waals surface area (Å²) in [7, 11) is 0. The highest BCUT2D eigenvalue weighted by molar-refractivity contribution is 6.17. The molecule has 3 heteroatoms. The Morgan fingerprint density at radius 1 is 1.38 bits per heavy atom. The minimum absolute atomic E-state index is 0.167. The van der Waals surface area contributed by atoms with Crippen molar-refractivity contribution >= 4 is 23.6 Å². The Hall–Kier alpha value is -1.28. The fourth-order valence-corrected chi connectivity index (χ4v) is 1.57. The van der Waals surface area contributed by atoms with E-state index in [1.807, 2.05) is 36.4 Å². The van der Waals surface area contributed by atoms with Crippen LogP contribution in [0.1, 0.15) is 24.0 Å². The lowest BCUT2D eigenvalue weighted by atomic mass is 10.0. The summed E-state index contributed by atoms with van der Waals surface area (Å²) in [5.41, 5.74) is 2.14. The van der Waals surface area contributed by atoms with Crippen molar-refractivity contribution < 1.29 is 9.90 Å². The molecule has 16 heavy (non-hydrogen) atoms. The molecule has 1 aromatic rings. The Bertz CT molecular complexity index is 372. The molecule has 1 aromatic carbocycles. The van der Waals surface area contributed by atoms with Gasteiger partial charge in [-0.3, -0.25) is 4.79 Å². The first-order valence-corrected chi connectivity index (χ1v) is 5.79. The highest BCUT2D eigenvalue weighted by Crippen LogP contribution is 2.13. The van der Waals surface area contributed by atoms with Crippen molar-refractivity contribution in [1.29, 1.82) is 0 Å². The van der Waals surface area contributed by atoms with Gasteiger partial charge in [0, 0.05) is 12.3 Å². The van der Waals surface area contributed by atoms with Gasteiger partial charge in [0.2, 0.25) is 0 Å².